The fourth-order valence-electron chi connectivity index (χ4n) is 1.93. The van der Waals surface area contributed by atoms with Gasteiger partial charge in [-0.25, -0.2) is 4.39 Å². The monoisotopic (exact) mass is 281 g/mol. The molecule has 0 saturated heterocycles. The Hall–Kier alpha value is -1.46. The summed E-state index contributed by atoms with van der Waals surface area (Å²) in [4.78, 5) is 14.6. The second kappa shape index (κ2) is 6.12. The van der Waals surface area contributed by atoms with E-state index in [0.29, 0.717) is 24.4 Å². The van der Waals surface area contributed by atoms with Crippen LogP contribution in [0.4, 0.5) is 4.39 Å². The van der Waals surface area contributed by atoms with Gasteiger partial charge >= 0.3 is 0 Å². The van der Waals surface area contributed by atoms with Gasteiger partial charge in [-0.05, 0) is 36.9 Å². The Morgan fingerprint density at radius 3 is 2.89 bits per heavy atom. The van der Waals surface area contributed by atoms with Gasteiger partial charge in [0.1, 0.15) is 5.82 Å². The van der Waals surface area contributed by atoms with Crippen molar-refractivity contribution in [1.29, 1.82) is 0 Å². The topological polar surface area (TPSA) is 40.5 Å². The highest BCUT2D eigenvalue weighted by Gasteiger charge is 2.16. The van der Waals surface area contributed by atoms with E-state index < -0.39 is 0 Å². The van der Waals surface area contributed by atoms with Crippen molar-refractivity contribution in [3.63, 3.8) is 0 Å². The molecular formula is C14H16FNO2S. The summed E-state index contributed by atoms with van der Waals surface area (Å²) in [7, 11) is 0. The van der Waals surface area contributed by atoms with Crippen LogP contribution in [0.25, 0.3) is 10.1 Å². The number of hydrogen-bond acceptors (Lipinski definition) is 3. The lowest BCUT2D eigenvalue weighted by Gasteiger charge is -2.19. The second-order valence-corrected chi connectivity index (χ2v) is 5.34. The maximum atomic E-state index is 13.1. The van der Waals surface area contributed by atoms with Gasteiger partial charge in [0.2, 0.25) is 0 Å². The number of rotatable bonds is 5. The Morgan fingerprint density at radius 2 is 2.21 bits per heavy atom. The zero-order valence-corrected chi connectivity index (χ0v) is 11.5. The largest absolute Gasteiger partial charge is 0.396 e. The molecule has 0 aliphatic heterocycles. The molecule has 2 rings (SSSR count). The molecule has 1 heterocycles. The summed E-state index contributed by atoms with van der Waals surface area (Å²) >= 11 is 1.30. The quantitative estimate of drug-likeness (QED) is 0.915. The Kier molecular flexibility index (Phi) is 4.50. The molecule has 1 amide bonds. The fraction of sp³-hybridized carbons (Fsp3) is 0.357. The number of fused-ring (bicyclic) bond motifs is 1. The predicted octanol–water partition coefficient (Wildman–Crippen LogP) is 2.88. The molecule has 3 nitrogen and oxygen atoms in total. The van der Waals surface area contributed by atoms with E-state index in [0.717, 1.165) is 10.1 Å². The van der Waals surface area contributed by atoms with Crippen molar-refractivity contribution in [2.75, 3.05) is 19.7 Å². The summed E-state index contributed by atoms with van der Waals surface area (Å²) in [6.07, 6.45) is 0.569. The minimum Gasteiger partial charge on any atom is -0.396 e. The van der Waals surface area contributed by atoms with Crippen LogP contribution in [0.2, 0.25) is 0 Å². The molecule has 102 valence electrons. The molecule has 1 aromatic heterocycles. The van der Waals surface area contributed by atoms with Crippen molar-refractivity contribution in [3.8, 4) is 0 Å². The summed E-state index contributed by atoms with van der Waals surface area (Å²) < 4.78 is 13.9. The normalized spacial score (nSPS) is 10.9. The molecule has 0 unspecified atom stereocenters. The van der Waals surface area contributed by atoms with Gasteiger partial charge in [-0.1, -0.05) is 6.07 Å². The molecule has 1 N–H and O–H groups in total. The number of aliphatic hydroxyl groups is 1. The first-order valence-electron chi connectivity index (χ1n) is 6.25. The number of amides is 1. The van der Waals surface area contributed by atoms with Gasteiger partial charge in [0.05, 0.1) is 4.88 Å². The van der Waals surface area contributed by atoms with E-state index >= 15 is 0 Å². The summed E-state index contributed by atoms with van der Waals surface area (Å²) in [5.41, 5.74) is 0. The molecule has 0 aliphatic rings. The molecule has 0 fully saturated rings. The van der Waals surface area contributed by atoms with E-state index in [2.05, 4.69) is 0 Å². The van der Waals surface area contributed by atoms with Crippen LogP contribution < -0.4 is 0 Å². The first-order chi connectivity index (χ1) is 9.15. The Balaban J connectivity index is 2.24. The highest BCUT2D eigenvalue weighted by atomic mass is 32.1. The number of halogens is 1. The lowest BCUT2D eigenvalue weighted by molar-refractivity contribution is 0.0759. The van der Waals surface area contributed by atoms with Gasteiger partial charge in [0.25, 0.3) is 5.91 Å². The van der Waals surface area contributed by atoms with E-state index in [4.69, 9.17) is 5.11 Å². The molecule has 19 heavy (non-hydrogen) atoms. The van der Waals surface area contributed by atoms with E-state index in [-0.39, 0.29) is 18.3 Å². The van der Waals surface area contributed by atoms with Crippen LogP contribution in [0.5, 0.6) is 0 Å². The molecule has 0 bridgehead atoms. The standard InChI is InChI=1S/C14H16FNO2S/c1-2-16(6-3-7-17)14(18)13-8-10-4-5-11(15)9-12(10)19-13/h4-5,8-9,17H,2-3,6-7H2,1H3. The number of aliphatic hydroxyl groups excluding tert-OH is 1. The van der Waals surface area contributed by atoms with Crippen LogP contribution >= 0.6 is 11.3 Å². The Morgan fingerprint density at radius 1 is 1.42 bits per heavy atom. The van der Waals surface area contributed by atoms with Crippen LogP contribution in [-0.2, 0) is 0 Å². The molecular weight excluding hydrogens is 265 g/mol. The van der Waals surface area contributed by atoms with E-state index in [9.17, 15) is 9.18 Å². The number of carbonyl (C=O) groups is 1. The lowest BCUT2D eigenvalue weighted by Crippen LogP contribution is -2.31. The zero-order chi connectivity index (χ0) is 13.8. The smallest absolute Gasteiger partial charge is 0.263 e. The first-order valence-corrected chi connectivity index (χ1v) is 7.06. The van der Waals surface area contributed by atoms with Crippen molar-refractivity contribution in [2.24, 2.45) is 0 Å². The average molecular weight is 281 g/mol. The molecule has 0 saturated carbocycles. The maximum absolute atomic E-state index is 13.1. The number of benzene rings is 1. The van der Waals surface area contributed by atoms with Crippen molar-refractivity contribution >= 4 is 27.3 Å². The number of thiophene rings is 1. The summed E-state index contributed by atoms with van der Waals surface area (Å²) in [6, 6.07) is 6.32. The van der Waals surface area contributed by atoms with Crippen LogP contribution in [0.3, 0.4) is 0 Å². The minimum atomic E-state index is -0.291. The van der Waals surface area contributed by atoms with Gasteiger partial charge in [0.15, 0.2) is 0 Å². The van der Waals surface area contributed by atoms with Crippen molar-refractivity contribution in [1.82, 2.24) is 4.90 Å². The summed E-state index contributed by atoms with van der Waals surface area (Å²) in [5, 5.41) is 9.71. The highest BCUT2D eigenvalue weighted by molar-refractivity contribution is 7.20. The zero-order valence-electron chi connectivity index (χ0n) is 10.7. The van der Waals surface area contributed by atoms with Gasteiger partial charge in [0, 0.05) is 24.4 Å². The fourth-order valence-corrected chi connectivity index (χ4v) is 2.99. The molecule has 5 heteroatoms. The van der Waals surface area contributed by atoms with Gasteiger partial charge < -0.3 is 10.0 Å². The number of hydrogen-bond donors (Lipinski definition) is 1. The third-order valence-electron chi connectivity index (χ3n) is 2.95. The third-order valence-corrected chi connectivity index (χ3v) is 4.03. The molecule has 2 aromatic rings. The minimum absolute atomic E-state index is 0.0578. The second-order valence-electron chi connectivity index (χ2n) is 4.25. The Labute approximate surface area is 115 Å². The molecule has 0 radical (unpaired) electrons. The maximum Gasteiger partial charge on any atom is 0.263 e. The van der Waals surface area contributed by atoms with Crippen LogP contribution in [-0.4, -0.2) is 35.6 Å². The third kappa shape index (κ3) is 3.11. The summed E-state index contributed by atoms with van der Waals surface area (Å²) in [5.74, 6) is -0.349. The van der Waals surface area contributed by atoms with Crippen molar-refractivity contribution < 1.29 is 14.3 Å². The highest BCUT2D eigenvalue weighted by Crippen LogP contribution is 2.27. The van der Waals surface area contributed by atoms with Gasteiger partial charge in [-0.3, -0.25) is 4.79 Å². The molecule has 0 spiro atoms. The Bertz CT molecular complexity index is 582. The van der Waals surface area contributed by atoms with Crippen molar-refractivity contribution in [3.05, 3.63) is 35.0 Å². The predicted molar refractivity (Wildman–Crippen MR) is 75.1 cm³/mol. The van der Waals surface area contributed by atoms with Crippen LogP contribution in [0, 0.1) is 5.82 Å². The lowest BCUT2D eigenvalue weighted by atomic mass is 10.2. The SMILES string of the molecule is CCN(CCCO)C(=O)c1cc2ccc(F)cc2s1. The summed E-state index contributed by atoms with van der Waals surface area (Å²) in [6.45, 7) is 3.11. The van der Waals surface area contributed by atoms with Crippen LogP contribution in [0.15, 0.2) is 24.3 Å². The van der Waals surface area contributed by atoms with E-state index in [1.165, 1.54) is 23.5 Å². The van der Waals surface area contributed by atoms with E-state index in [1.54, 1.807) is 17.0 Å². The van der Waals surface area contributed by atoms with Gasteiger partial charge in [-0.2, -0.15) is 0 Å². The first kappa shape index (κ1) is 14.0. The molecule has 0 atom stereocenters. The van der Waals surface area contributed by atoms with Crippen molar-refractivity contribution in [2.45, 2.75) is 13.3 Å². The van der Waals surface area contributed by atoms with E-state index in [1.807, 2.05) is 6.92 Å². The average Bonchev–Trinajstić information content (AvgIpc) is 2.82. The molecule has 0 aliphatic carbocycles. The molecule has 1 aromatic carbocycles. The number of carbonyl (C=O) groups excluding carboxylic acids is 1. The number of nitrogens with zero attached hydrogens (tertiary/aromatic N) is 1. The van der Waals surface area contributed by atoms with Crippen LogP contribution in [0.1, 0.15) is 23.0 Å². The van der Waals surface area contributed by atoms with Gasteiger partial charge in [-0.15, -0.1) is 11.3 Å².